The maximum absolute atomic E-state index is 13.7. The molecule has 0 fully saturated rings. The van der Waals surface area contributed by atoms with Crippen molar-refractivity contribution in [1.82, 2.24) is 9.97 Å². The zero-order valence-electron chi connectivity index (χ0n) is 12.0. The second-order valence-corrected chi connectivity index (χ2v) is 4.77. The number of hydrogen-bond donors (Lipinski definition) is 2. The van der Waals surface area contributed by atoms with E-state index in [1.54, 1.807) is 6.07 Å². The van der Waals surface area contributed by atoms with Crippen molar-refractivity contribution < 1.29 is 17.6 Å². The molecule has 4 nitrogen and oxygen atoms in total. The van der Waals surface area contributed by atoms with E-state index in [2.05, 4.69) is 20.6 Å². The Kier molecular flexibility index (Phi) is 4.28. The third-order valence-electron chi connectivity index (χ3n) is 3.06. The van der Waals surface area contributed by atoms with Crippen LogP contribution in [-0.4, -0.2) is 9.97 Å². The average molecular weight is 334 g/mol. The van der Waals surface area contributed by atoms with Crippen LogP contribution in [0.15, 0.2) is 48.8 Å². The molecule has 0 amide bonds. The van der Waals surface area contributed by atoms with Gasteiger partial charge in [0.1, 0.15) is 23.8 Å². The van der Waals surface area contributed by atoms with Crippen molar-refractivity contribution in [1.29, 1.82) is 0 Å². The largest absolute Gasteiger partial charge is 0.340 e. The summed E-state index contributed by atoms with van der Waals surface area (Å²) in [6.07, 6.45) is 1.18. The van der Waals surface area contributed by atoms with Gasteiger partial charge in [-0.3, -0.25) is 0 Å². The lowest BCUT2D eigenvalue weighted by Crippen LogP contribution is -2.02. The second-order valence-electron chi connectivity index (χ2n) is 4.77. The SMILES string of the molecule is Fc1cccc(Nc2cc(Nc3ccc(F)c(F)c3F)ncn2)c1. The fourth-order valence-corrected chi connectivity index (χ4v) is 1.97. The highest BCUT2D eigenvalue weighted by atomic mass is 19.2. The lowest BCUT2D eigenvalue weighted by molar-refractivity contribution is 0.449. The van der Waals surface area contributed by atoms with Crippen molar-refractivity contribution in [2.24, 2.45) is 0 Å². The van der Waals surface area contributed by atoms with Gasteiger partial charge in [0, 0.05) is 11.8 Å². The highest BCUT2D eigenvalue weighted by molar-refractivity contribution is 5.63. The van der Waals surface area contributed by atoms with E-state index in [0.29, 0.717) is 11.5 Å². The standard InChI is InChI=1S/C16H10F4N4/c17-9-2-1-3-10(6-9)23-13-7-14(22-8-21-13)24-12-5-4-11(18)15(19)16(12)20/h1-8H,(H2,21,22,23,24). The first-order valence-electron chi connectivity index (χ1n) is 6.78. The number of aromatic nitrogens is 2. The summed E-state index contributed by atoms with van der Waals surface area (Å²) in [6.45, 7) is 0. The number of anilines is 4. The molecule has 24 heavy (non-hydrogen) atoms. The summed E-state index contributed by atoms with van der Waals surface area (Å²) < 4.78 is 53.0. The first-order chi connectivity index (χ1) is 11.5. The minimum absolute atomic E-state index is 0.147. The van der Waals surface area contributed by atoms with Gasteiger partial charge in [0.15, 0.2) is 17.5 Å². The summed E-state index contributed by atoms with van der Waals surface area (Å²) in [7, 11) is 0. The third kappa shape index (κ3) is 3.43. The van der Waals surface area contributed by atoms with Gasteiger partial charge in [-0.1, -0.05) is 6.07 Å². The summed E-state index contributed by atoms with van der Waals surface area (Å²) in [6, 6.07) is 8.98. The summed E-state index contributed by atoms with van der Waals surface area (Å²) in [5, 5.41) is 5.38. The Morgan fingerprint density at radius 3 is 2.25 bits per heavy atom. The molecule has 0 atom stereocenters. The van der Waals surface area contributed by atoms with Gasteiger partial charge in [-0.2, -0.15) is 0 Å². The minimum Gasteiger partial charge on any atom is -0.340 e. The second kappa shape index (κ2) is 6.53. The van der Waals surface area contributed by atoms with E-state index < -0.39 is 23.3 Å². The molecule has 0 saturated carbocycles. The van der Waals surface area contributed by atoms with Crippen molar-refractivity contribution in [2.45, 2.75) is 0 Å². The highest BCUT2D eigenvalue weighted by Gasteiger charge is 2.14. The minimum atomic E-state index is -1.58. The van der Waals surface area contributed by atoms with Crippen LogP contribution in [0, 0.1) is 23.3 Å². The lowest BCUT2D eigenvalue weighted by atomic mass is 10.2. The van der Waals surface area contributed by atoms with Crippen LogP contribution in [0.3, 0.4) is 0 Å². The van der Waals surface area contributed by atoms with Gasteiger partial charge in [0.25, 0.3) is 0 Å². The van der Waals surface area contributed by atoms with E-state index in [0.717, 1.165) is 12.1 Å². The Hall–Kier alpha value is -3.16. The summed E-state index contributed by atoms with van der Waals surface area (Å²) in [5.74, 6) is -4.18. The van der Waals surface area contributed by atoms with Gasteiger partial charge >= 0.3 is 0 Å². The van der Waals surface area contributed by atoms with Crippen LogP contribution >= 0.6 is 0 Å². The summed E-state index contributed by atoms with van der Waals surface area (Å²) >= 11 is 0. The molecule has 3 rings (SSSR count). The van der Waals surface area contributed by atoms with Gasteiger partial charge < -0.3 is 10.6 Å². The molecule has 0 saturated heterocycles. The van der Waals surface area contributed by atoms with E-state index in [9.17, 15) is 17.6 Å². The Morgan fingerprint density at radius 2 is 1.50 bits per heavy atom. The van der Waals surface area contributed by atoms with Gasteiger partial charge in [-0.15, -0.1) is 0 Å². The van der Waals surface area contributed by atoms with E-state index in [4.69, 9.17) is 0 Å². The van der Waals surface area contributed by atoms with Gasteiger partial charge in [-0.05, 0) is 30.3 Å². The molecule has 122 valence electrons. The van der Waals surface area contributed by atoms with Crippen LogP contribution in [0.5, 0.6) is 0 Å². The molecule has 0 aliphatic carbocycles. The van der Waals surface area contributed by atoms with Crippen LogP contribution in [0.2, 0.25) is 0 Å². The number of rotatable bonds is 4. The van der Waals surface area contributed by atoms with E-state index >= 15 is 0 Å². The maximum atomic E-state index is 13.7. The Labute approximate surface area is 134 Å². The van der Waals surface area contributed by atoms with Gasteiger partial charge in [0.05, 0.1) is 5.69 Å². The molecule has 8 heteroatoms. The average Bonchev–Trinajstić information content (AvgIpc) is 2.56. The zero-order chi connectivity index (χ0) is 17.1. The summed E-state index contributed by atoms with van der Waals surface area (Å²) in [5.41, 5.74) is 0.183. The lowest BCUT2D eigenvalue weighted by Gasteiger charge is -2.10. The zero-order valence-corrected chi connectivity index (χ0v) is 12.0. The molecule has 0 radical (unpaired) electrons. The number of nitrogens with one attached hydrogen (secondary N) is 2. The van der Waals surface area contributed by atoms with E-state index in [1.807, 2.05) is 0 Å². The Morgan fingerprint density at radius 1 is 0.750 bits per heavy atom. The smallest absolute Gasteiger partial charge is 0.196 e. The quantitative estimate of drug-likeness (QED) is 0.544. The molecule has 0 bridgehead atoms. The molecular weight excluding hydrogens is 324 g/mol. The monoisotopic (exact) mass is 334 g/mol. The fraction of sp³-hybridized carbons (Fsp3) is 0. The van der Waals surface area contributed by atoms with Crippen LogP contribution in [0.4, 0.5) is 40.6 Å². The number of halogens is 4. The van der Waals surface area contributed by atoms with Gasteiger partial charge in [0.2, 0.25) is 0 Å². The normalized spacial score (nSPS) is 10.5. The van der Waals surface area contributed by atoms with Crippen LogP contribution < -0.4 is 10.6 Å². The predicted molar refractivity (Wildman–Crippen MR) is 81.3 cm³/mol. The first-order valence-corrected chi connectivity index (χ1v) is 6.78. The molecule has 1 aromatic heterocycles. The topological polar surface area (TPSA) is 49.8 Å². The van der Waals surface area contributed by atoms with E-state index in [-0.39, 0.29) is 11.5 Å². The molecular formula is C16H10F4N4. The highest BCUT2D eigenvalue weighted by Crippen LogP contribution is 2.24. The molecule has 1 heterocycles. The van der Waals surface area contributed by atoms with Crippen molar-refractivity contribution in [2.75, 3.05) is 10.6 Å². The number of benzene rings is 2. The number of nitrogens with zero attached hydrogens (tertiary/aromatic N) is 2. The molecule has 2 N–H and O–H groups in total. The molecule has 0 aliphatic heterocycles. The third-order valence-corrected chi connectivity index (χ3v) is 3.06. The number of hydrogen-bond acceptors (Lipinski definition) is 4. The molecule has 0 unspecified atom stereocenters. The first kappa shape index (κ1) is 15.7. The van der Waals surface area contributed by atoms with Crippen LogP contribution in [0.1, 0.15) is 0 Å². The molecule has 0 aliphatic rings. The molecule has 2 aromatic carbocycles. The molecule has 3 aromatic rings. The maximum Gasteiger partial charge on any atom is 0.196 e. The van der Waals surface area contributed by atoms with Crippen LogP contribution in [-0.2, 0) is 0 Å². The van der Waals surface area contributed by atoms with Crippen molar-refractivity contribution in [3.05, 3.63) is 72.1 Å². The van der Waals surface area contributed by atoms with Crippen molar-refractivity contribution in [3.63, 3.8) is 0 Å². The Balaban J connectivity index is 1.82. The summed E-state index contributed by atoms with van der Waals surface area (Å²) in [4.78, 5) is 7.82. The molecule has 0 spiro atoms. The predicted octanol–water partition coefficient (Wildman–Crippen LogP) is 4.52. The van der Waals surface area contributed by atoms with E-state index in [1.165, 1.54) is 30.6 Å². The fourth-order valence-electron chi connectivity index (χ4n) is 1.97. The Bertz CT molecular complexity index is 886. The van der Waals surface area contributed by atoms with Crippen molar-refractivity contribution >= 4 is 23.0 Å². The van der Waals surface area contributed by atoms with Gasteiger partial charge in [-0.25, -0.2) is 27.5 Å². The van der Waals surface area contributed by atoms with Crippen LogP contribution in [0.25, 0.3) is 0 Å². The van der Waals surface area contributed by atoms with Crippen molar-refractivity contribution in [3.8, 4) is 0 Å².